The summed E-state index contributed by atoms with van der Waals surface area (Å²) >= 11 is 1.63. The largest absolute Gasteiger partial charge is 0.378 e. The predicted octanol–water partition coefficient (Wildman–Crippen LogP) is 2.44. The van der Waals surface area contributed by atoms with Crippen LogP contribution >= 0.6 is 11.8 Å². The fraction of sp³-hybridized carbons (Fsp3) is 0.588. The van der Waals surface area contributed by atoms with Crippen molar-refractivity contribution in [3.05, 3.63) is 29.8 Å². The highest BCUT2D eigenvalue weighted by Gasteiger charge is 2.23. The van der Waals surface area contributed by atoms with Crippen LogP contribution in [-0.4, -0.2) is 48.9 Å². The molecule has 1 aromatic rings. The van der Waals surface area contributed by atoms with Crippen LogP contribution in [0.1, 0.15) is 24.8 Å². The van der Waals surface area contributed by atoms with Gasteiger partial charge in [-0.25, -0.2) is 0 Å². The summed E-state index contributed by atoms with van der Waals surface area (Å²) in [7, 11) is 0. The molecule has 1 aliphatic heterocycles. The van der Waals surface area contributed by atoms with Gasteiger partial charge in [-0.3, -0.25) is 4.79 Å². The van der Waals surface area contributed by atoms with E-state index in [2.05, 4.69) is 19.1 Å². The Morgan fingerprint density at radius 1 is 1.36 bits per heavy atom. The number of carbonyl (C=O) groups excluding carboxylic acids is 1. The fourth-order valence-electron chi connectivity index (χ4n) is 2.55. The van der Waals surface area contributed by atoms with Gasteiger partial charge in [0.2, 0.25) is 5.91 Å². The number of nitrogens with two attached hydrogens (primary N) is 1. The Bertz CT molecular complexity index is 473. The van der Waals surface area contributed by atoms with Crippen LogP contribution in [0.4, 0.5) is 0 Å². The van der Waals surface area contributed by atoms with Crippen molar-refractivity contribution in [1.82, 2.24) is 4.90 Å². The van der Waals surface area contributed by atoms with Gasteiger partial charge >= 0.3 is 0 Å². The lowest BCUT2D eigenvalue weighted by molar-refractivity contribution is -0.130. The molecule has 1 saturated heterocycles. The molecule has 0 saturated carbocycles. The Balaban J connectivity index is 1.70. The van der Waals surface area contributed by atoms with Gasteiger partial charge in [0, 0.05) is 24.6 Å². The van der Waals surface area contributed by atoms with Crippen molar-refractivity contribution in [2.45, 2.75) is 37.2 Å². The SMILES string of the molecule is Cc1ccccc1SCC(=O)N1CCC(OCCCN)CC1. The van der Waals surface area contributed by atoms with Crippen LogP contribution in [0.15, 0.2) is 29.2 Å². The Hall–Kier alpha value is -1.04. The number of aryl methyl sites for hydroxylation is 1. The van der Waals surface area contributed by atoms with Gasteiger partial charge in [0.15, 0.2) is 0 Å². The van der Waals surface area contributed by atoms with E-state index >= 15 is 0 Å². The Morgan fingerprint density at radius 3 is 2.77 bits per heavy atom. The van der Waals surface area contributed by atoms with E-state index < -0.39 is 0 Å². The predicted molar refractivity (Wildman–Crippen MR) is 91.1 cm³/mol. The summed E-state index contributed by atoms with van der Waals surface area (Å²) in [5, 5.41) is 0. The standard InChI is InChI=1S/C17H26N2O2S/c1-14-5-2-3-6-16(14)22-13-17(20)19-10-7-15(8-11-19)21-12-4-9-18/h2-3,5-6,15H,4,7-13,18H2,1H3. The monoisotopic (exact) mass is 322 g/mol. The molecule has 0 aromatic heterocycles. The summed E-state index contributed by atoms with van der Waals surface area (Å²) in [4.78, 5) is 15.5. The van der Waals surface area contributed by atoms with Crippen molar-refractivity contribution in [1.29, 1.82) is 0 Å². The van der Waals surface area contributed by atoms with Crippen molar-refractivity contribution in [2.75, 3.05) is 32.0 Å². The van der Waals surface area contributed by atoms with E-state index in [9.17, 15) is 4.79 Å². The molecule has 22 heavy (non-hydrogen) atoms. The van der Waals surface area contributed by atoms with Gasteiger partial charge in [0.1, 0.15) is 0 Å². The van der Waals surface area contributed by atoms with Crippen LogP contribution in [0, 0.1) is 6.92 Å². The summed E-state index contributed by atoms with van der Waals surface area (Å²) in [6.45, 7) is 5.10. The zero-order valence-corrected chi connectivity index (χ0v) is 14.1. The third kappa shape index (κ3) is 5.30. The highest BCUT2D eigenvalue weighted by Crippen LogP contribution is 2.23. The van der Waals surface area contributed by atoms with E-state index in [4.69, 9.17) is 10.5 Å². The van der Waals surface area contributed by atoms with Gasteiger partial charge in [-0.05, 0) is 44.4 Å². The zero-order valence-electron chi connectivity index (χ0n) is 13.3. The third-order valence-electron chi connectivity index (χ3n) is 3.94. The molecule has 4 nitrogen and oxygen atoms in total. The van der Waals surface area contributed by atoms with Crippen LogP contribution < -0.4 is 5.73 Å². The molecule has 2 N–H and O–H groups in total. The van der Waals surface area contributed by atoms with E-state index in [1.807, 2.05) is 17.0 Å². The molecule has 1 amide bonds. The first-order valence-electron chi connectivity index (χ1n) is 7.98. The van der Waals surface area contributed by atoms with Crippen LogP contribution in [0.25, 0.3) is 0 Å². The number of nitrogens with zero attached hydrogens (tertiary/aromatic N) is 1. The molecule has 0 atom stereocenters. The number of ether oxygens (including phenoxy) is 1. The maximum absolute atomic E-state index is 12.3. The minimum absolute atomic E-state index is 0.230. The van der Waals surface area contributed by atoms with Crippen molar-refractivity contribution >= 4 is 17.7 Å². The second-order valence-electron chi connectivity index (χ2n) is 5.65. The molecular weight excluding hydrogens is 296 g/mol. The highest BCUT2D eigenvalue weighted by molar-refractivity contribution is 8.00. The van der Waals surface area contributed by atoms with Crippen LogP contribution in [0.3, 0.4) is 0 Å². The number of benzene rings is 1. The topological polar surface area (TPSA) is 55.6 Å². The molecule has 0 spiro atoms. The molecule has 0 bridgehead atoms. The normalized spacial score (nSPS) is 16.0. The van der Waals surface area contributed by atoms with Crippen LogP contribution in [-0.2, 0) is 9.53 Å². The second-order valence-corrected chi connectivity index (χ2v) is 6.66. The van der Waals surface area contributed by atoms with E-state index in [-0.39, 0.29) is 5.91 Å². The molecule has 5 heteroatoms. The van der Waals surface area contributed by atoms with E-state index in [0.29, 0.717) is 18.4 Å². The van der Waals surface area contributed by atoms with E-state index in [0.717, 1.165) is 39.0 Å². The quantitative estimate of drug-likeness (QED) is 0.619. The van der Waals surface area contributed by atoms with Crippen molar-refractivity contribution in [2.24, 2.45) is 5.73 Å². The molecule has 1 aliphatic rings. The average Bonchev–Trinajstić information content (AvgIpc) is 2.55. The Kier molecular flexibility index (Phi) is 7.22. The van der Waals surface area contributed by atoms with Gasteiger partial charge in [-0.2, -0.15) is 0 Å². The highest BCUT2D eigenvalue weighted by atomic mass is 32.2. The first-order chi connectivity index (χ1) is 10.7. The van der Waals surface area contributed by atoms with Crippen molar-refractivity contribution < 1.29 is 9.53 Å². The molecule has 0 radical (unpaired) electrons. The molecule has 0 aliphatic carbocycles. The summed E-state index contributed by atoms with van der Waals surface area (Å²) < 4.78 is 5.77. The fourth-order valence-corrected chi connectivity index (χ4v) is 3.49. The van der Waals surface area contributed by atoms with E-state index in [1.165, 1.54) is 10.5 Å². The minimum atomic E-state index is 0.230. The van der Waals surface area contributed by atoms with E-state index in [1.54, 1.807) is 11.8 Å². The number of amides is 1. The maximum Gasteiger partial charge on any atom is 0.232 e. The number of hydrogen-bond acceptors (Lipinski definition) is 4. The number of piperidine rings is 1. The van der Waals surface area contributed by atoms with Gasteiger partial charge in [0.05, 0.1) is 11.9 Å². The zero-order chi connectivity index (χ0) is 15.8. The van der Waals surface area contributed by atoms with Gasteiger partial charge < -0.3 is 15.4 Å². The summed E-state index contributed by atoms with van der Waals surface area (Å²) in [6.07, 6.45) is 3.07. The lowest BCUT2D eigenvalue weighted by Gasteiger charge is -2.32. The summed E-state index contributed by atoms with van der Waals surface area (Å²) in [5.74, 6) is 0.748. The maximum atomic E-state index is 12.3. The molecule has 1 fully saturated rings. The number of carbonyl (C=O) groups is 1. The average molecular weight is 322 g/mol. The third-order valence-corrected chi connectivity index (χ3v) is 5.10. The minimum Gasteiger partial charge on any atom is -0.378 e. The Morgan fingerprint density at radius 2 is 2.09 bits per heavy atom. The lowest BCUT2D eigenvalue weighted by atomic mass is 10.1. The molecule has 1 aromatic carbocycles. The number of rotatable bonds is 7. The summed E-state index contributed by atoms with van der Waals surface area (Å²) in [6, 6.07) is 8.20. The first kappa shape index (κ1) is 17.3. The molecular formula is C17H26N2O2S. The van der Waals surface area contributed by atoms with Crippen molar-refractivity contribution in [3.63, 3.8) is 0 Å². The van der Waals surface area contributed by atoms with Crippen LogP contribution in [0.2, 0.25) is 0 Å². The van der Waals surface area contributed by atoms with Crippen molar-refractivity contribution in [3.8, 4) is 0 Å². The molecule has 1 heterocycles. The molecule has 0 unspecified atom stereocenters. The Labute approximate surface area is 137 Å². The van der Waals surface area contributed by atoms with Crippen LogP contribution in [0.5, 0.6) is 0 Å². The molecule has 2 rings (SSSR count). The number of likely N-dealkylation sites (tertiary alicyclic amines) is 1. The smallest absolute Gasteiger partial charge is 0.232 e. The van der Waals surface area contributed by atoms with Gasteiger partial charge in [0.25, 0.3) is 0 Å². The van der Waals surface area contributed by atoms with Gasteiger partial charge in [-0.15, -0.1) is 11.8 Å². The number of hydrogen-bond donors (Lipinski definition) is 1. The first-order valence-corrected chi connectivity index (χ1v) is 8.97. The lowest BCUT2D eigenvalue weighted by Crippen LogP contribution is -2.41. The molecule has 122 valence electrons. The summed E-state index contributed by atoms with van der Waals surface area (Å²) in [5.41, 5.74) is 6.69. The number of thioether (sulfide) groups is 1. The second kappa shape index (κ2) is 9.18. The van der Waals surface area contributed by atoms with Gasteiger partial charge in [-0.1, -0.05) is 18.2 Å².